The van der Waals surface area contributed by atoms with E-state index in [9.17, 15) is 9.59 Å². The van der Waals surface area contributed by atoms with Gasteiger partial charge in [0.05, 0.1) is 0 Å². The van der Waals surface area contributed by atoms with E-state index in [1.54, 1.807) is 11.8 Å². The Bertz CT molecular complexity index is 311. The maximum atomic E-state index is 12.2. The van der Waals surface area contributed by atoms with Gasteiger partial charge in [0.15, 0.2) is 0 Å². The highest BCUT2D eigenvalue weighted by Gasteiger charge is 2.35. The highest BCUT2D eigenvalue weighted by atomic mass is 32.2. The minimum absolute atomic E-state index is 0.0380. The van der Waals surface area contributed by atoms with Crippen molar-refractivity contribution in [2.24, 2.45) is 5.41 Å². The molecule has 1 aliphatic carbocycles. The van der Waals surface area contributed by atoms with Crippen molar-refractivity contribution in [2.75, 3.05) is 18.6 Å². The molecule has 1 atom stereocenters. The third-order valence-electron chi connectivity index (χ3n) is 4.11. The smallest absolute Gasteiger partial charge is 0.242 e. The molecule has 0 aromatic heterocycles. The lowest BCUT2D eigenvalue weighted by Crippen LogP contribution is -2.50. The molecular weight excluding hydrogens is 260 g/mol. The van der Waals surface area contributed by atoms with E-state index in [0.29, 0.717) is 11.8 Å². The summed E-state index contributed by atoms with van der Waals surface area (Å²) in [6.45, 7) is 4.39. The Labute approximate surface area is 120 Å². The first-order valence-electron chi connectivity index (χ1n) is 7.07. The molecule has 2 amide bonds. The van der Waals surface area contributed by atoms with Crippen molar-refractivity contribution in [3.05, 3.63) is 0 Å². The van der Waals surface area contributed by atoms with Gasteiger partial charge in [-0.3, -0.25) is 9.59 Å². The summed E-state index contributed by atoms with van der Waals surface area (Å²) in [4.78, 5) is 23.3. The summed E-state index contributed by atoms with van der Waals surface area (Å²) in [7, 11) is 0. The van der Waals surface area contributed by atoms with E-state index in [-0.39, 0.29) is 17.9 Å². The predicted octanol–water partition coefficient (Wildman–Crippen LogP) is 1.94. The van der Waals surface area contributed by atoms with E-state index in [1.165, 1.54) is 26.2 Å². The standard InChI is InChI=1S/C14H26N2O2S/c1-4-14(7-5-8-14)10-15-13(18)12(6-9-19-3)16-11(2)17/h12H,4-10H2,1-3H3,(H,15,18)(H,16,17)/t12-/m0/s1. The van der Waals surface area contributed by atoms with E-state index in [4.69, 9.17) is 0 Å². The molecule has 1 rings (SSSR count). The van der Waals surface area contributed by atoms with Crippen LogP contribution in [0.1, 0.15) is 46.0 Å². The van der Waals surface area contributed by atoms with Gasteiger partial charge in [0.1, 0.15) is 6.04 Å². The second-order valence-electron chi connectivity index (χ2n) is 5.46. The molecule has 0 saturated heterocycles. The third kappa shape index (κ3) is 5.05. The number of nitrogens with one attached hydrogen (secondary N) is 2. The summed E-state index contributed by atoms with van der Waals surface area (Å²) in [6, 6.07) is -0.390. The number of hydrogen-bond donors (Lipinski definition) is 2. The maximum absolute atomic E-state index is 12.2. The first-order chi connectivity index (χ1) is 9.03. The number of hydrogen-bond acceptors (Lipinski definition) is 3. The Morgan fingerprint density at radius 3 is 2.47 bits per heavy atom. The van der Waals surface area contributed by atoms with Gasteiger partial charge in [0.25, 0.3) is 0 Å². The number of carbonyl (C=O) groups excluding carboxylic acids is 2. The average Bonchev–Trinajstić information content (AvgIpc) is 2.33. The van der Waals surface area contributed by atoms with Crippen molar-refractivity contribution in [3.8, 4) is 0 Å². The Balaban J connectivity index is 2.43. The molecule has 110 valence electrons. The Hall–Kier alpha value is -0.710. The number of rotatable bonds is 8. The summed E-state index contributed by atoms with van der Waals surface area (Å²) in [5.41, 5.74) is 0.315. The first-order valence-corrected chi connectivity index (χ1v) is 8.46. The zero-order chi connectivity index (χ0) is 14.3. The molecule has 4 nitrogen and oxygen atoms in total. The van der Waals surface area contributed by atoms with Crippen molar-refractivity contribution in [3.63, 3.8) is 0 Å². The fourth-order valence-corrected chi connectivity index (χ4v) is 2.95. The summed E-state index contributed by atoms with van der Waals surface area (Å²) >= 11 is 1.69. The molecule has 0 bridgehead atoms. The maximum Gasteiger partial charge on any atom is 0.242 e. The summed E-state index contributed by atoms with van der Waals surface area (Å²) < 4.78 is 0. The normalized spacial score (nSPS) is 18.3. The molecular formula is C14H26N2O2S. The van der Waals surface area contributed by atoms with Gasteiger partial charge in [-0.25, -0.2) is 0 Å². The van der Waals surface area contributed by atoms with E-state index in [0.717, 1.165) is 18.7 Å². The summed E-state index contributed by atoms with van der Waals surface area (Å²) in [6.07, 6.45) is 7.49. The van der Waals surface area contributed by atoms with Crippen molar-refractivity contribution >= 4 is 23.6 Å². The summed E-state index contributed by atoms with van der Waals surface area (Å²) in [5.74, 6) is 0.691. The van der Waals surface area contributed by atoms with E-state index < -0.39 is 0 Å². The monoisotopic (exact) mass is 286 g/mol. The van der Waals surface area contributed by atoms with E-state index in [1.807, 2.05) is 6.26 Å². The quantitative estimate of drug-likeness (QED) is 0.717. The van der Waals surface area contributed by atoms with Gasteiger partial charge in [-0.2, -0.15) is 11.8 Å². The molecule has 19 heavy (non-hydrogen) atoms. The second-order valence-corrected chi connectivity index (χ2v) is 6.45. The highest BCUT2D eigenvalue weighted by Crippen LogP contribution is 2.43. The molecule has 0 aromatic carbocycles. The van der Waals surface area contributed by atoms with Crippen LogP contribution in [0.5, 0.6) is 0 Å². The molecule has 0 heterocycles. The van der Waals surface area contributed by atoms with Crippen LogP contribution in [-0.2, 0) is 9.59 Å². The molecule has 1 saturated carbocycles. The van der Waals surface area contributed by atoms with Crippen LogP contribution >= 0.6 is 11.8 Å². The third-order valence-corrected chi connectivity index (χ3v) is 4.75. The molecule has 0 radical (unpaired) electrons. The van der Waals surface area contributed by atoms with Gasteiger partial charge in [-0.05, 0) is 43.1 Å². The van der Waals surface area contributed by atoms with Crippen LogP contribution in [-0.4, -0.2) is 36.4 Å². The Morgan fingerprint density at radius 2 is 2.05 bits per heavy atom. The molecule has 0 aromatic rings. The van der Waals surface area contributed by atoms with Crippen molar-refractivity contribution < 1.29 is 9.59 Å². The molecule has 0 spiro atoms. The van der Waals surface area contributed by atoms with Gasteiger partial charge in [-0.1, -0.05) is 13.3 Å². The second kappa shape index (κ2) is 7.78. The molecule has 1 fully saturated rings. The van der Waals surface area contributed by atoms with Crippen LogP contribution in [0.4, 0.5) is 0 Å². The van der Waals surface area contributed by atoms with Gasteiger partial charge >= 0.3 is 0 Å². The van der Waals surface area contributed by atoms with Crippen LogP contribution in [0.15, 0.2) is 0 Å². The Kier molecular flexibility index (Phi) is 6.69. The number of amides is 2. The van der Waals surface area contributed by atoms with Gasteiger partial charge in [-0.15, -0.1) is 0 Å². The SMILES string of the molecule is CCC1(CNC(=O)[C@H](CCSC)NC(C)=O)CCC1. The van der Waals surface area contributed by atoms with Crippen molar-refractivity contribution in [1.29, 1.82) is 0 Å². The molecule has 0 aliphatic heterocycles. The fraction of sp³-hybridized carbons (Fsp3) is 0.857. The van der Waals surface area contributed by atoms with Crippen molar-refractivity contribution in [2.45, 2.75) is 52.0 Å². The first kappa shape index (κ1) is 16.3. The molecule has 2 N–H and O–H groups in total. The van der Waals surface area contributed by atoms with Crippen LogP contribution in [0.2, 0.25) is 0 Å². The zero-order valence-corrected chi connectivity index (χ0v) is 13.1. The number of carbonyl (C=O) groups is 2. The largest absolute Gasteiger partial charge is 0.354 e. The van der Waals surface area contributed by atoms with E-state index in [2.05, 4.69) is 17.6 Å². The van der Waals surface area contributed by atoms with Gasteiger partial charge < -0.3 is 10.6 Å². The van der Waals surface area contributed by atoms with Crippen LogP contribution in [0.25, 0.3) is 0 Å². The van der Waals surface area contributed by atoms with Crippen LogP contribution < -0.4 is 10.6 Å². The lowest BCUT2D eigenvalue weighted by Gasteiger charge is -2.41. The number of thioether (sulfide) groups is 1. The summed E-state index contributed by atoms with van der Waals surface area (Å²) in [5, 5.41) is 5.77. The lowest BCUT2D eigenvalue weighted by atomic mass is 9.67. The average molecular weight is 286 g/mol. The predicted molar refractivity (Wildman–Crippen MR) is 80.2 cm³/mol. The van der Waals surface area contributed by atoms with Crippen LogP contribution in [0.3, 0.4) is 0 Å². The van der Waals surface area contributed by atoms with Crippen LogP contribution in [0, 0.1) is 5.41 Å². The topological polar surface area (TPSA) is 58.2 Å². The zero-order valence-electron chi connectivity index (χ0n) is 12.3. The minimum atomic E-state index is -0.390. The lowest BCUT2D eigenvalue weighted by molar-refractivity contribution is -0.128. The van der Waals surface area contributed by atoms with Gasteiger partial charge in [0, 0.05) is 13.5 Å². The molecule has 1 aliphatic rings. The Morgan fingerprint density at radius 1 is 1.37 bits per heavy atom. The van der Waals surface area contributed by atoms with E-state index >= 15 is 0 Å². The highest BCUT2D eigenvalue weighted by molar-refractivity contribution is 7.98. The molecule has 5 heteroatoms. The fourth-order valence-electron chi connectivity index (χ4n) is 2.48. The minimum Gasteiger partial charge on any atom is -0.354 e. The molecule has 0 unspecified atom stereocenters. The van der Waals surface area contributed by atoms with Gasteiger partial charge in [0.2, 0.25) is 11.8 Å². The van der Waals surface area contributed by atoms with Crippen molar-refractivity contribution in [1.82, 2.24) is 10.6 Å².